The monoisotopic (exact) mass is 266 g/mol. The van der Waals surface area contributed by atoms with Gasteiger partial charge in [-0.05, 0) is 19.8 Å². The van der Waals surface area contributed by atoms with Gasteiger partial charge in [0.05, 0.1) is 12.5 Å². The second-order valence-electron chi connectivity index (χ2n) is 4.59. The Kier molecular flexibility index (Phi) is 4.19. The van der Waals surface area contributed by atoms with Gasteiger partial charge in [0.1, 0.15) is 6.26 Å². The van der Waals surface area contributed by atoms with Gasteiger partial charge in [0, 0.05) is 20.0 Å². The number of carbonyl (C=O) groups excluding carboxylic acids is 2. The van der Waals surface area contributed by atoms with Crippen molar-refractivity contribution in [3.8, 4) is 0 Å². The number of amides is 1. The van der Waals surface area contributed by atoms with Gasteiger partial charge >= 0.3 is 5.97 Å². The van der Waals surface area contributed by atoms with Crippen LogP contribution in [0.2, 0.25) is 0 Å². The first-order valence-corrected chi connectivity index (χ1v) is 6.50. The predicted octanol–water partition coefficient (Wildman–Crippen LogP) is 1.40. The average molecular weight is 266 g/mol. The average Bonchev–Trinajstić information content (AvgIpc) is 2.85. The number of aryl methyl sites for hydroxylation is 1. The smallest absolute Gasteiger partial charge is 0.310 e. The molecule has 19 heavy (non-hydrogen) atoms. The molecule has 0 aromatic carbocycles. The van der Waals surface area contributed by atoms with Crippen molar-refractivity contribution in [2.45, 2.75) is 26.7 Å². The van der Waals surface area contributed by atoms with Crippen LogP contribution in [0.25, 0.3) is 0 Å². The molecular formula is C13H18N2O4. The van der Waals surface area contributed by atoms with Crippen LogP contribution in [0.15, 0.2) is 10.7 Å². The Labute approximate surface area is 111 Å². The van der Waals surface area contributed by atoms with Gasteiger partial charge in [0.2, 0.25) is 0 Å². The lowest BCUT2D eigenvalue weighted by atomic mass is 9.98. The summed E-state index contributed by atoms with van der Waals surface area (Å²) in [7, 11) is 0. The fourth-order valence-electron chi connectivity index (χ4n) is 2.24. The number of rotatable bonds is 3. The Morgan fingerprint density at radius 2 is 2.37 bits per heavy atom. The van der Waals surface area contributed by atoms with Gasteiger partial charge in [-0.15, -0.1) is 0 Å². The van der Waals surface area contributed by atoms with Crippen LogP contribution in [0.5, 0.6) is 0 Å². The maximum atomic E-state index is 12.2. The van der Waals surface area contributed by atoms with Crippen molar-refractivity contribution in [3.05, 3.63) is 17.8 Å². The minimum atomic E-state index is -0.231. The van der Waals surface area contributed by atoms with E-state index >= 15 is 0 Å². The predicted molar refractivity (Wildman–Crippen MR) is 66.5 cm³/mol. The molecule has 1 atom stereocenters. The second-order valence-corrected chi connectivity index (χ2v) is 4.59. The highest BCUT2D eigenvalue weighted by Gasteiger charge is 2.30. The Bertz CT molecular complexity index is 469. The van der Waals surface area contributed by atoms with E-state index in [1.165, 1.54) is 6.26 Å². The molecule has 0 spiro atoms. The van der Waals surface area contributed by atoms with E-state index in [9.17, 15) is 9.59 Å². The molecule has 2 heterocycles. The van der Waals surface area contributed by atoms with Gasteiger partial charge < -0.3 is 14.1 Å². The summed E-state index contributed by atoms with van der Waals surface area (Å²) in [4.78, 5) is 29.6. The number of nitrogens with zero attached hydrogens (tertiary/aromatic N) is 2. The zero-order valence-corrected chi connectivity index (χ0v) is 11.2. The molecule has 1 aliphatic rings. The van der Waals surface area contributed by atoms with Crippen LogP contribution in [0.3, 0.4) is 0 Å². The number of hydrogen-bond acceptors (Lipinski definition) is 5. The third-order valence-corrected chi connectivity index (χ3v) is 3.17. The highest BCUT2D eigenvalue weighted by atomic mass is 16.5. The quantitative estimate of drug-likeness (QED) is 0.773. The van der Waals surface area contributed by atoms with Crippen molar-refractivity contribution in [1.82, 2.24) is 9.88 Å². The van der Waals surface area contributed by atoms with E-state index in [0.29, 0.717) is 31.3 Å². The van der Waals surface area contributed by atoms with E-state index in [-0.39, 0.29) is 17.8 Å². The maximum Gasteiger partial charge on any atom is 0.310 e. The van der Waals surface area contributed by atoms with Crippen LogP contribution in [0.1, 0.15) is 36.1 Å². The SMILES string of the molecule is CCOC(=O)C1CCCN(C(=O)c2coc(C)n2)C1. The number of piperidine rings is 1. The molecule has 0 N–H and O–H groups in total. The third-order valence-electron chi connectivity index (χ3n) is 3.17. The van der Waals surface area contributed by atoms with E-state index in [1.807, 2.05) is 0 Å². The van der Waals surface area contributed by atoms with Crippen LogP contribution in [-0.4, -0.2) is 41.5 Å². The molecule has 104 valence electrons. The molecular weight excluding hydrogens is 248 g/mol. The first-order valence-electron chi connectivity index (χ1n) is 6.50. The largest absolute Gasteiger partial charge is 0.466 e. The molecule has 2 rings (SSSR count). The van der Waals surface area contributed by atoms with E-state index in [4.69, 9.17) is 9.15 Å². The molecule has 1 aromatic rings. The van der Waals surface area contributed by atoms with Crippen LogP contribution in [0.4, 0.5) is 0 Å². The summed E-state index contributed by atoms with van der Waals surface area (Å²) < 4.78 is 10.0. The summed E-state index contributed by atoms with van der Waals surface area (Å²) in [6.45, 7) is 4.87. The zero-order valence-electron chi connectivity index (χ0n) is 11.2. The first-order chi connectivity index (χ1) is 9.11. The van der Waals surface area contributed by atoms with Gasteiger partial charge in [-0.3, -0.25) is 9.59 Å². The molecule has 6 heteroatoms. The normalized spacial score (nSPS) is 19.3. The minimum Gasteiger partial charge on any atom is -0.466 e. The van der Waals surface area contributed by atoms with Crippen molar-refractivity contribution in [3.63, 3.8) is 0 Å². The Morgan fingerprint density at radius 3 is 3.00 bits per heavy atom. The third kappa shape index (κ3) is 3.13. The van der Waals surface area contributed by atoms with Crippen molar-refractivity contribution in [2.24, 2.45) is 5.92 Å². The topological polar surface area (TPSA) is 72.6 Å². The Morgan fingerprint density at radius 1 is 1.58 bits per heavy atom. The van der Waals surface area contributed by atoms with Crippen LogP contribution in [0, 0.1) is 12.8 Å². The Balaban J connectivity index is 2.01. The summed E-state index contributed by atoms with van der Waals surface area (Å²) in [5, 5.41) is 0. The zero-order chi connectivity index (χ0) is 13.8. The molecule has 1 amide bonds. The molecule has 0 saturated carbocycles. The van der Waals surface area contributed by atoms with Gasteiger partial charge in [0.25, 0.3) is 5.91 Å². The molecule has 0 radical (unpaired) electrons. The number of oxazole rings is 1. The van der Waals surface area contributed by atoms with E-state index < -0.39 is 0 Å². The fraction of sp³-hybridized carbons (Fsp3) is 0.615. The lowest BCUT2D eigenvalue weighted by Crippen LogP contribution is -2.42. The van der Waals surface area contributed by atoms with Crippen LogP contribution < -0.4 is 0 Å². The summed E-state index contributed by atoms with van der Waals surface area (Å²) in [5.41, 5.74) is 0.294. The van der Waals surface area contributed by atoms with Gasteiger partial charge in [-0.2, -0.15) is 0 Å². The highest BCUT2D eigenvalue weighted by Crippen LogP contribution is 2.19. The second kappa shape index (κ2) is 5.86. The number of aromatic nitrogens is 1. The number of likely N-dealkylation sites (tertiary alicyclic amines) is 1. The van der Waals surface area contributed by atoms with Crippen molar-refractivity contribution < 1.29 is 18.7 Å². The van der Waals surface area contributed by atoms with E-state index in [0.717, 1.165) is 12.8 Å². The molecule has 1 fully saturated rings. The number of ether oxygens (including phenoxy) is 1. The van der Waals surface area contributed by atoms with Crippen molar-refractivity contribution in [2.75, 3.05) is 19.7 Å². The van der Waals surface area contributed by atoms with E-state index in [1.54, 1.807) is 18.7 Å². The van der Waals surface area contributed by atoms with Crippen molar-refractivity contribution in [1.29, 1.82) is 0 Å². The van der Waals surface area contributed by atoms with Crippen LogP contribution >= 0.6 is 0 Å². The molecule has 1 saturated heterocycles. The number of carbonyl (C=O) groups is 2. The molecule has 0 bridgehead atoms. The molecule has 6 nitrogen and oxygen atoms in total. The summed E-state index contributed by atoms with van der Waals surface area (Å²) in [6.07, 6.45) is 2.91. The van der Waals surface area contributed by atoms with Crippen LogP contribution in [-0.2, 0) is 9.53 Å². The summed E-state index contributed by atoms with van der Waals surface area (Å²) in [6, 6.07) is 0. The summed E-state index contributed by atoms with van der Waals surface area (Å²) >= 11 is 0. The Hall–Kier alpha value is -1.85. The molecule has 0 aliphatic carbocycles. The fourth-order valence-corrected chi connectivity index (χ4v) is 2.24. The molecule has 1 aliphatic heterocycles. The van der Waals surface area contributed by atoms with E-state index in [2.05, 4.69) is 4.98 Å². The molecule has 1 unspecified atom stereocenters. The standard InChI is InChI=1S/C13H18N2O4/c1-3-18-13(17)10-5-4-6-15(7-10)12(16)11-8-19-9(2)14-11/h8,10H,3-7H2,1-2H3. The van der Waals surface area contributed by atoms with Gasteiger partial charge in [-0.25, -0.2) is 4.98 Å². The van der Waals surface area contributed by atoms with Gasteiger partial charge in [0.15, 0.2) is 11.6 Å². The maximum absolute atomic E-state index is 12.2. The first kappa shape index (κ1) is 13.6. The summed E-state index contributed by atoms with van der Waals surface area (Å²) in [5.74, 6) is -0.185. The minimum absolute atomic E-state index is 0.189. The van der Waals surface area contributed by atoms with Crippen molar-refractivity contribution >= 4 is 11.9 Å². The molecule has 1 aromatic heterocycles. The number of hydrogen-bond donors (Lipinski definition) is 0. The number of esters is 1. The van der Waals surface area contributed by atoms with Gasteiger partial charge in [-0.1, -0.05) is 0 Å². The lowest BCUT2D eigenvalue weighted by molar-refractivity contribution is -0.149. The lowest BCUT2D eigenvalue weighted by Gasteiger charge is -2.30. The highest BCUT2D eigenvalue weighted by molar-refractivity contribution is 5.92.